The molecule has 0 aliphatic carbocycles. The summed E-state index contributed by atoms with van der Waals surface area (Å²) in [5.41, 5.74) is 2.72. The van der Waals surface area contributed by atoms with Gasteiger partial charge in [-0.1, -0.05) is 11.6 Å². The highest BCUT2D eigenvalue weighted by Crippen LogP contribution is 2.33. The number of anilines is 2. The lowest BCUT2D eigenvalue weighted by Crippen LogP contribution is -2.11. The van der Waals surface area contributed by atoms with E-state index < -0.39 is 0 Å². The maximum absolute atomic E-state index is 9.72. The van der Waals surface area contributed by atoms with E-state index in [-0.39, 0.29) is 17.2 Å². The van der Waals surface area contributed by atoms with Gasteiger partial charge in [-0.05, 0) is 42.5 Å². The molecule has 3 N–H and O–H groups in total. The number of halogens is 1. The topological polar surface area (TPSA) is 94.1 Å². The Morgan fingerprint density at radius 2 is 1.78 bits per heavy atom. The Kier molecular flexibility index (Phi) is 4.01. The van der Waals surface area contributed by atoms with Crippen LogP contribution < -0.4 is 4.90 Å². The molecule has 0 bridgehead atoms. The lowest BCUT2D eigenvalue weighted by atomic mass is 10.1. The molecule has 2 aromatic carbocycles. The average Bonchev–Trinajstić information content (AvgIpc) is 3.08. The van der Waals surface area contributed by atoms with Crippen LogP contribution in [0.4, 0.5) is 11.6 Å². The number of pyridine rings is 1. The summed E-state index contributed by atoms with van der Waals surface area (Å²) in [5.74, 6) is 0.131. The number of phenols is 3. The van der Waals surface area contributed by atoms with Gasteiger partial charge in [-0.25, -0.2) is 4.52 Å². The average molecular weight is 383 g/mol. The van der Waals surface area contributed by atoms with Gasteiger partial charge in [0.1, 0.15) is 5.75 Å². The van der Waals surface area contributed by atoms with Crippen LogP contribution in [0.25, 0.3) is 16.8 Å². The summed E-state index contributed by atoms with van der Waals surface area (Å²) >= 11 is 6.24. The molecule has 4 aromatic rings. The van der Waals surface area contributed by atoms with Crippen molar-refractivity contribution in [2.75, 3.05) is 11.9 Å². The van der Waals surface area contributed by atoms with Crippen molar-refractivity contribution in [3.8, 4) is 28.4 Å². The molecule has 0 aliphatic heterocycles. The minimum Gasteiger partial charge on any atom is -0.508 e. The second-order valence-electron chi connectivity index (χ2n) is 6.03. The van der Waals surface area contributed by atoms with E-state index in [9.17, 15) is 15.3 Å². The molecular weight excluding hydrogens is 368 g/mol. The van der Waals surface area contributed by atoms with Gasteiger partial charge in [-0.3, -0.25) is 0 Å². The van der Waals surface area contributed by atoms with Gasteiger partial charge in [0.15, 0.2) is 17.1 Å². The van der Waals surface area contributed by atoms with E-state index in [0.717, 1.165) is 5.56 Å². The molecule has 0 amide bonds. The third-order valence-electron chi connectivity index (χ3n) is 4.23. The number of hydrogen-bond donors (Lipinski definition) is 3. The number of fused-ring (bicyclic) bond motifs is 1. The Labute approximate surface area is 159 Å². The Morgan fingerprint density at radius 1 is 0.963 bits per heavy atom. The van der Waals surface area contributed by atoms with Crippen molar-refractivity contribution in [1.29, 1.82) is 0 Å². The van der Waals surface area contributed by atoms with Gasteiger partial charge >= 0.3 is 0 Å². The smallest absolute Gasteiger partial charge is 0.249 e. The van der Waals surface area contributed by atoms with E-state index in [2.05, 4.69) is 10.1 Å². The molecule has 0 radical (unpaired) electrons. The molecule has 0 aliphatic rings. The van der Waals surface area contributed by atoms with Crippen LogP contribution in [0.15, 0.2) is 54.7 Å². The van der Waals surface area contributed by atoms with Crippen molar-refractivity contribution in [1.82, 2.24) is 14.6 Å². The molecule has 27 heavy (non-hydrogen) atoms. The van der Waals surface area contributed by atoms with Crippen LogP contribution in [0.3, 0.4) is 0 Å². The molecule has 7 nitrogen and oxygen atoms in total. The zero-order valence-electron chi connectivity index (χ0n) is 14.2. The van der Waals surface area contributed by atoms with Crippen molar-refractivity contribution in [3.05, 3.63) is 59.8 Å². The molecule has 136 valence electrons. The molecular formula is C19H15ClN4O3. The molecule has 0 fully saturated rings. The van der Waals surface area contributed by atoms with Crippen LogP contribution in [0.1, 0.15) is 0 Å². The predicted molar refractivity (Wildman–Crippen MR) is 103 cm³/mol. The quantitative estimate of drug-likeness (QED) is 0.465. The summed E-state index contributed by atoms with van der Waals surface area (Å²) in [6, 6.07) is 12.9. The van der Waals surface area contributed by atoms with Gasteiger partial charge in [-0.15, -0.1) is 5.10 Å². The maximum atomic E-state index is 9.72. The summed E-state index contributed by atoms with van der Waals surface area (Å²) in [4.78, 5) is 6.15. The third kappa shape index (κ3) is 3.09. The Morgan fingerprint density at radius 3 is 2.56 bits per heavy atom. The van der Waals surface area contributed by atoms with Crippen molar-refractivity contribution < 1.29 is 15.3 Å². The third-order valence-corrected chi connectivity index (χ3v) is 4.56. The lowest BCUT2D eigenvalue weighted by molar-refractivity contribution is 0.404. The molecule has 0 atom stereocenters. The van der Waals surface area contributed by atoms with Gasteiger partial charge in [0.2, 0.25) is 5.95 Å². The summed E-state index contributed by atoms with van der Waals surface area (Å²) in [6.07, 6.45) is 1.77. The number of phenolic OH excluding ortho intramolecular Hbond substituents is 3. The van der Waals surface area contributed by atoms with Crippen molar-refractivity contribution in [3.63, 3.8) is 0 Å². The van der Waals surface area contributed by atoms with E-state index >= 15 is 0 Å². The fourth-order valence-corrected chi connectivity index (χ4v) is 2.97. The summed E-state index contributed by atoms with van der Waals surface area (Å²) in [6.45, 7) is 0. The van der Waals surface area contributed by atoms with Crippen LogP contribution >= 0.6 is 11.6 Å². The van der Waals surface area contributed by atoms with Gasteiger partial charge < -0.3 is 20.2 Å². The Balaban J connectivity index is 1.74. The number of nitrogens with zero attached hydrogens (tertiary/aromatic N) is 4. The molecule has 8 heteroatoms. The zero-order chi connectivity index (χ0) is 19.1. The van der Waals surface area contributed by atoms with Gasteiger partial charge in [0, 0.05) is 41.1 Å². The minimum absolute atomic E-state index is 0.126. The SMILES string of the molecule is CN(c1ccc(O)c(O)c1)c1nc2ccc(-c3cc(O)ccc3Cl)cn2n1. The molecule has 2 aromatic heterocycles. The van der Waals surface area contributed by atoms with Gasteiger partial charge in [-0.2, -0.15) is 4.98 Å². The van der Waals surface area contributed by atoms with Crippen LogP contribution in [0, 0.1) is 0 Å². The standard InChI is InChI=1S/C19H15ClN4O3/c1-23(12-3-6-16(26)17(27)8-12)19-21-18-7-2-11(10-24(18)22-19)14-9-13(25)4-5-15(14)20/h2-10,25-27H,1H3. The monoisotopic (exact) mass is 382 g/mol. The number of aromatic hydroxyl groups is 3. The first-order valence-electron chi connectivity index (χ1n) is 8.03. The first-order valence-corrected chi connectivity index (χ1v) is 8.41. The van der Waals surface area contributed by atoms with Crippen LogP contribution in [-0.2, 0) is 0 Å². The predicted octanol–water partition coefficient (Wildman–Crippen LogP) is 3.93. The molecule has 2 heterocycles. The maximum Gasteiger partial charge on any atom is 0.249 e. The zero-order valence-corrected chi connectivity index (χ0v) is 15.0. The van der Waals surface area contributed by atoms with Crippen molar-refractivity contribution in [2.24, 2.45) is 0 Å². The highest BCUT2D eigenvalue weighted by Gasteiger charge is 2.14. The molecule has 0 saturated carbocycles. The second kappa shape index (κ2) is 6.37. The van der Waals surface area contributed by atoms with Gasteiger partial charge in [0.25, 0.3) is 0 Å². The highest BCUT2D eigenvalue weighted by atomic mass is 35.5. The second-order valence-corrected chi connectivity index (χ2v) is 6.44. The van der Waals surface area contributed by atoms with Crippen LogP contribution in [-0.4, -0.2) is 37.0 Å². The fraction of sp³-hybridized carbons (Fsp3) is 0.0526. The normalized spacial score (nSPS) is 11.0. The first kappa shape index (κ1) is 17.0. The number of benzene rings is 2. The summed E-state index contributed by atoms with van der Waals surface area (Å²) < 4.78 is 1.61. The fourth-order valence-electron chi connectivity index (χ4n) is 2.74. The van der Waals surface area contributed by atoms with Crippen molar-refractivity contribution in [2.45, 2.75) is 0 Å². The molecule has 0 unspecified atom stereocenters. The summed E-state index contributed by atoms with van der Waals surface area (Å²) in [7, 11) is 1.76. The molecule has 0 saturated heterocycles. The highest BCUT2D eigenvalue weighted by molar-refractivity contribution is 6.33. The van der Waals surface area contributed by atoms with E-state index in [1.165, 1.54) is 18.2 Å². The largest absolute Gasteiger partial charge is 0.508 e. The minimum atomic E-state index is -0.219. The lowest BCUT2D eigenvalue weighted by Gasteiger charge is -2.15. The van der Waals surface area contributed by atoms with Gasteiger partial charge in [0.05, 0.1) is 0 Å². The van der Waals surface area contributed by atoms with Crippen LogP contribution in [0.2, 0.25) is 5.02 Å². The number of rotatable bonds is 3. The van der Waals surface area contributed by atoms with Crippen LogP contribution in [0.5, 0.6) is 17.2 Å². The van der Waals surface area contributed by atoms with E-state index in [1.54, 1.807) is 46.9 Å². The van der Waals surface area contributed by atoms with E-state index in [1.807, 2.05) is 6.07 Å². The van der Waals surface area contributed by atoms with E-state index in [4.69, 9.17) is 11.6 Å². The van der Waals surface area contributed by atoms with Crippen molar-refractivity contribution >= 4 is 28.9 Å². The Hall–Kier alpha value is -3.45. The molecule has 0 spiro atoms. The molecule has 4 rings (SSSR count). The number of aromatic nitrogens is 3. The summed E-state index contributed by atoms with van der Waals surface area (Å²) in [5, 5.41) is 33.8. The number of hydrogen-bond acceptors (Lipinski definition) is 6. The van der Waals surface area contributed by atoms with E-state index in [0.29, 0.717) is 27.9 Å². The Bertz CT molecular complexity index is 1160. The first-order chi connectivity index (χ1) is 12.9.